The number of nitrogens with zero attached hydrogens (tertiary/aromatic N) is 2. The highest BCUT2D eigenvalue weighted by molar-refractivity contribution is 7.92. The average Bonchev–Trinajstić information content (AvgIpc) is 3.06. The van der Waals surface area contributed by atoms with E-state index in [1.54, 1.807) is 62.9 Å². The summed E-state index contributed by atoms with van der Waals surface area (Å²) in [5, 5.41) is 1.53. The molecule has 4 aromatic carbocycles. The Balaban J connectivity index is 1.45. The predicted octanol–water partition coefficient (Wildman–Crippen LogP) is 6.15. The Morgan fingerprint density at radius 2 is 1.36 bits per heavy atom. The summed E-state index contributed by atoms with van der Waals surface area (Å²) in [5.74, 6) is 1.12. The third-order valence-corrected chi connectivity index (χ3v) is 8.79. The Morgan fingerprint density at radius 1 is 0.750 bits per heavy atom. The summed E-state index contributed by atoms with van der Waals surface area (Å²) >= 11 is 0. The first kappa shape index (κ1) is 30.4. The van der Waals surface area contributed by atoms with Crippen LogP contribution in [-0.4, -0.2) is 40.7 Å². The molecule has 0 amide bonds. The predicted molar refractivity (Wildman–Crippen MR) is 169 cm³/mol. The van der Waals surface area contributed by atoms with Gasteiger partial charge in [0, 0.05) is 11.6 Å². The Bertz CT molecular complexity index is 1840. The third-order valence-electron chi connectivity index (χ3n) is 7.08. The smallest absolute Gasteiger partial charge is 0.337 e. The Hall–Kier alpha value is -5.09. The number of benzene rings is 4. The van der Waals surface area contributed by atoms with Crippen LogP contribution in [0.5, 0.6) is 17.4 Å². The summed E-state index contributed by atoms with van der Waals surface area (Å²) in [4.78, 5) is 16.3. The second-order valence-electron chi connectivity index (χ2n) is 9.96. The summed E-state index contributed by atoms with van der Waals surface area (Å²) in [6.07, 6.45) is 1.64. The van der Waals surface area contributed by atoms with E-state index in [2.05, 4.69) is 4.98 Å². The first-order valence-electron chi connectivity index (χ1n) is 13.7. The van der Waals surface area contributed by atoms with Crippen LogP contribution in [0.2, 0.25) is 0 Å². The Labute approximate surface area is 256 Å². The van der Waals surface area contributed by atoms with Gasteiger partial charge in [-0.15, -0.1) is 0 Å². The molecule has 44 heavy (non-hydrogen) atoms. The highest BCUT2D eigenvalue weighted by Gasteiger charge is 2.24. The van der Waals surface area contributed by atoms with Crippen LogP contribution in [0.1, 0.15) is 27.0 Å². The number of pyridine rings is 1. The molecular weight excluding hydrogens is 580 g/mol. The van der Waals surface area contributed by atoms with Gasteiger partial charge in [0.05, 0.1) is 44.9 Å². The van der Waals surface area contributed by atoms with Gasteiger partial charge in [0.1, 0.15) is 18.1 Å². The van der Waals surface area contributed by atoms with Crippen molar-refractivity contribution in [1.29, 1.82) is 0 Å². The molecule has 226 valence electrons. The number of fused-ring (bicyclic) bond motifs is 1. The van der Waals surface area contributed by atoms with E-state index in [1.165, 1.54) is 11.4 Å². The average molecular weight is 613 g/mol. The fourth-order valence-corrected chi connectivity index (χ4v) is 6.22. The van der Waals surface area contributed by atoms with Crippen molar-refractivity contribution >= 4 is 32.5 Å². The standard InChI is InChI=1S/C34H32N2O7S/c1-40-30-13-6-24(7-14-30)21-36(44(38,39)23-26-4-10-27(11-5-26)34(37)42-3)29-12-17-32-28(20-29)18-19-35-33(32)43-22-25-8-15-31(41-2)16-9-25/h4-20H,21-23H2,1-3H3. The molecule has 10 heteroatoms. The molecule has 1 heterocycles. The number of methoxy groups -OCH3 is 3. The Kier molecular flexibility index (Phi) is 9.30. The lowest BCUT2D eigenvalue weighted by Gasteiger charge is -2.25. The van der Waals surface area contributed by atoms with Crippen molar-refractivity contribution in [2.45, 2.75) is 18.9 Å². The highest BCUT2D eigenvalue weighted by atomic mass is 32.2. The number of carbonyl (C=O) groups is 1. The van der Waals surface area contributed by atoms with Crippen LogP contribution >= 0.6 is 0 Å². The molecular formula is C34H32N2O7S. The second-order valence-corrected chi connectivity index (χ2v) is 11.9. The molecule has 0 aliphatic rings. The van der Waals surface area contributed by atoms with Gasteiger partial charge in [0.2, 0.25) is 15.9 Å². The van der Waals surface area contributed by atoms with E-state index in [9.17, 15) is 13.2 Å². The van der Waals surface area contributed by atoms with E-state index >= 15 is 0 Å². The number of rotatable bonds is 12. The maximum absolute atomic E-state index is 14.0. The molecule has 0 atom stereocenters. The van der Waals surface area contributed by atoms with Crippen LogP contribution in [0.15, 0.2) is 103 Å². The molecule has 0 aliphatic carbocycles. The molecule has 0 aliphatic heterocycles. The van der Waals surface area contributed by atoms with Gasteiger partial charge in [-0.05, 0) is 82.7 Å². The maximum Gasteiger partial charge on any atom is 0.337 e. The van der Waals surface area contributed by atoms with Gasteiger partial charge >= 0.3 is 5.97 Å². The molecule has 5 aromatic rings. The van der Waals surface area contributed by atoms with Gasteiger partial charge in [-0.25, -0.2) is 18.2 Å². The number of hydrogen-bond donors (Lipinski definition) is 0. The van der Waals surface area contributed by atoms with Gasteiger partial charge in [-0.2, -0.15) is 0 Å². The molecule has 0 saturated heterocycles. The monoisotopic (exact) mass is 612 g/mol. The van der Waals surface area contributed by atoms with E-state index in [0.29, 0.717) is 35.1 Å². The number of aromatic nitrogens is 1. The van der Waals surface area contributed by atoms with Gasteiger partial charge in [0.25, 0.3) is 0 Å². The number of ether oxygens (including phenoxy) is 4. The molecule has 1 aromatic heterocycles. The van der Waals surface area contributed by atoms with Crippen molar-refractivity contribution in [2.24, 2.45) is 0 Å². The minimum atomic E-state index is -3.88. The van der Waals surface area contributed by atoms with Crippen molar-refractivity contribution in [3.8, 4) is 17.4 Å². The summed E-state index contributed by atoms with van der Waals surface area (Å²) < 4.78 is 50.6. The topological polar surface area (TPSA) is 104 Å². The summed E-state index contributed by atoms with van der Waals surface area (Å²) in [6.45, 7) is 0.411. The molecule has 0 bridgehead atoms. The highest BCUT2D eigenvalue weighted by Crippen LogP contribution is 2.31. The van der Waals surface area contributed by atoms with Crippen LogP contribution in [0.3, 0.4) is 0 Å². The van der Waals surface area contributed by atoms with E-state index in [1.807, 2.05) is 54.6 Å². The minimum absolute atomic E-state index is 0.101. The molecule has 0 N–H and O–H groups in total. The third kappa shape index (κ3) is 7.09. The van der Waals surface area contributed by atoms with Gasteiger partial charge in [-0.1, -0.05) is 36.4 Å². The van der Waals surface area contributed by atoms with Crippen LogP contribution in [0.4, 0.5) is 5.69 Å². The zero-order valence-electron chi connectivity index (χ0n) is 24.6. The van der Waals surface area contributed by atoms with Crippen LogP contribution < -0.4 is 18.5 Å². The van der Waals surface area contributed by atoms with Crippen LogP contribution in [-0.2, 0) is 33.7 Å². The normalized spacial score (nSPS) is 11.2. The first-order chi connectivity index (χ1) is 21.3. The lowest BCUT2D eigenvalue weighted by atomic mass is 10.1. The summed E-state index contributed by atoms with van der Waals surface area (Å²) in [7, 11) is 0.613. The van der Waals surface area contributed by atoms with Gasteiger partial charge < -0.3 is 18.9 Å². The zero-order valence-corrected chi connectivity index (χ0v) is 25.4. The molecule has 0 unspecified atom stereocenters. The van der Waals surface area contributed by atoms with Crippen LogP contribution in [0.25, 0.3) is 10.8 Å². The van der Waals surface area contributed by atoms with Crippen molar-refractivity contribution in [1.82, 2.24) is 4.98 Å². The van der Waals surface area contributed by atoms with E-state index in [4.69, 9.17) is 18.9 Å². The SMILES string of the molecule is COC(=O)c1ccc(CS(=O)(=O)N(Cc2ccc(OC)cc2)c2ccc3c(OCc4ccc(OC)cc4)nccc3c2)cc1. The largest absolute Gasteiger partial charge is 0.497 e. The summed E-state index contributed by atoms with van der Waals surface area (Å²) in [5.41, 5.74) is 3.12. The molecule has 0 fully saturated rings. The summed E-state index contributed by atoms with van der Waals surface area (Å²) in [6, 6.07) is 28.4. The fraction of sp³-hybridized carbons (Fsp3) is 0.176. The number of esters is 1. The van der Waals surface area contributed by atoms with Gasteiger partial charge in [0.15, 0.2) is 0 Å². The van der Waals surface area contributed by atoms with Crippen LogP contribution in [0, 0.1) is 0 Å². The van der Waals surface area contributed by atoms with Crippen molar-refractivity contribution < 1.29 is 32.2 Å². The number of carbonyl (C=O) groups excluding carboxylic acids is 1. The van der Waals surface area contributed by atoms with E-state index in [0.717, 1.165) is 27.6 Å². The number of hydrogen-bond acceptors (Lipinski definition) is 8. The molecule has 0 radical (unpaired) electrons. The molecule has 0 saturated carbocycles. The fourth-order valence-electron chi connectivity index (χ4n) is 4.67. The van der Waals surface area contributed by atoms with Gasteiger partial charge in [-0.3, -0.25) is 4.31 Å². The quantitative estimate of drug-likeness (QED) is 0.155. The molecule has 9 nitrogen and oxygen atoms in total. The van der Waals surface area contributed by atoms with Crippen molar-refractivity contribution in [2.75, 3.05) is 25.6 Å². The molecule has 0 spiro atoms. The van der Waals surface area contributed by atoms with E-state index in [-0.39, 0.29) is 12.3 Å². The lowest BCUT2D eigenvalue weighted by Crippen LogP contribution is -2.31. The maximum atomic E-state index is 14.0. The molecule has 5 rings (SSSR count). The number of sulfonamides is 1. The van der Waals surface area contributed by atoms with E-state index < -0.39 is 16.0 Å². The van der Waals surface area contributed by atoms with Crippen molar-refractivity contribution in [3.05, 3.63) is 126 Å². The lowest BCUT2D eigenvalue weighted by molar-refractivity contribution is 0.0600. The Morgan fingerprint density at radius 3 is 1.98 bits per heavy atom. The first-order valence-corrected chi connectivity index (χ1v) is 15.4. The number of anilines is 1. The second kappa shape index (κ2) is 13.5. The zero-order chi connectivity index (χ0) is 31.1. The minimum Gasteiger partial charge on any atom is -0.497 e. The van der Waals surface area contributed by atoms with Crippen molar-refractivity contribution in [3.63, 3.8) is 0 Å².